The van der Waals surface area contributed by atoms with E-state index in [1.807, 2.05) is 31.2 Å². The average molecular weight is 297 g/mol. The molecule has 3 atom stereocenters. The molecule has 0 radical (unpaired) electrons. The van der Waals surface area contributed by atoms with Crippen molar-refractivity contribution in [3.05, 3.63) is 29.8 Å². The smallest absolute Gasteiger partial charge is 0.119 e. The SMILES string of the molecule is COCC(C)OCC(O)CN[C@H](C)c1cccc(OC)c1. The van der Waals surface area contributed by atoms with Crippen molar-refractivity contribution in [1.82, 2.24) is 5.32 Å². The number of nitrogens with one attached hydrogen (secondary N) is 1. The van der Waals surface area contributed by atoms with E-state index in [1.54, 1.807) is 14.2 Å². The Kier molecular flexibility index (Phi) is 8.30. The minimum atomic E-state index is -0.544. The molecular formula is C16H27NO4. The molecule has 21 heavy (non-hydrogen) atoms. The number of rotatable bonds is 10. The maximum absolute atomic E-state index is 9.91. The highest BCUT2D eigenvalue weighted by atomic mass is 16.5. The van der Waals surface area contributed by atoms with Gasteiger partial charge in [-0.3, -0.25) is 0 Å². The number of ether oxygens (including phenoxy) is 3. The third-order valence-corrected chi connectivity index (χ3v) is 3.23. The normalized spacial score (nSPS) is 15.5. The van der Waals surface area contributed by atoms with Gasteiger partial charge in [0, 0.05) is 19.7 Å². The van der Waals surface area contributed by atoms with Gasteiger partial charge in [0.2, 0.25) is 0 Å². The van der Waals surface area contributed by atoms with Crippen LogP contribution in [0.4, 0.5) is 0 Å². The van der Waals surface area contributed by atoms with Crippen molar-refractivity contribution in [3.63, 3.8) is 0 Å². The Bertz CT molecular complexity index is 400. The van der Waals surface area contributed by atoms with Crippen molar-refractivity contribution in [2.75, 3.05) is 34.0 Å². The predicted octanol–water partition coefficient (Wildman–Crippen LogP) is 1.76. The van der Waals surface area contributed by atoms with E-state index in [0.717, 1.165) is 11.3 Å². The quantitative estimate of drug-likeness (QED) is 0.689. The second-order valence-corrected chi connectivity index (χ2v) is 5.16. The Morgan fingerprint density at radius 1 is 1.19 bits per heavy atom. The van der Waals surface area contributed by atoms with E-state index in [9.17, 15) is 5.11 Å². The number of hydrogen-bond donors (Lipinski definition) is 2. The summed E-state index contributed by atoms with van der Waals surface area (Å²) in [5.74, 6) is 0.832. The van der Waals surface area contributed by atoms with Gasteiger partial charge in [0.15, 0.2) is 0 Å². The van der Waals surface area contributed by atoms with Crippen molar-refractivity contribution in [3.8, 4) is 5.75 Å². The molecule has 0 heterocycles. The van der Waals surface area contributed by atoms with Crippen LogP contribution >= 0.6 is 0 Å². The molecule has 0 aliphatic carbocycles. The highest BCUT2D eigenvalue weighted by Gasteiger charge is 2.11. The first kappa shape index (κ1) is 17.9. The molecular weight excluding hydrogens is 270 g/mol. The van der Waals surface area contributed by atoms with E-state index in [1.165, 1.54) is 0 Å². The fourth-order valence-electron chi connectivity index (χ4n) is 1.96. The predicted molar refractivity (Wildman–Crippen MR) is 82.7 cm³/mol. The fourth-order valence-corrected chi connectivity index (χ4v) is 1.96. The highest BCUT2D eigenvalue weighted by Crippen LogP contribution is 2.18. The van der Waals surface area contributed by atoms with Gasteiger partial charge < -0.3 is 24.6 Å². The van der Waals surface area contributed by atoms with Crippen molar-refractivity contribution in [2.45, 2.75) is 32.1 Å². The van der Waals surface area contributed by atoms with Crippen LogP contribution in [0.15, 0.2) is 24.3 Å². The van der Waals surface area contributed by atoms with E-state index < -0.39 is 6.10 Å². The average Bonchev–Trinajstić information content (AvgIpc) is 2.50. The van der Waals surface area contributed by atoms with Gasteiger partial charge in [-0.25, -0.2) is 0 Å². The number of benzene rings is 1. The monoisotopic (exact) mass is 297 g/mol. The summed E-state index contributed by atoms with van der Waals surface area (Å²) in [4.78, 5) is 0. The molecule has 1 aromatic rings. The molecule has 0 fully saturated rings. The van der Waals surface area contributed by atoms with Crippen LogP contribution in [0.1, 0.15) is 25.5 Å². The second-order valence-electron chi connectivity index (χ2n) is 5.16. The molecule has 0 amide bonds. The van der Waals surface area contributed by atoms with Gasteiger partial charge in [0.05, 0.1) is 32.5 Å². The molecule has 0 saturated heterocycles. The molecule has 0 bridgehead atoms. The Hall–Kier alpha value is -1.14. The first-order valence-corrected chi connectivity index (χ1v) is 7.22. The first-order chi connectivity index (χ1) is 10.1. The lowest BCUT2D eigenvalue weighted by Gasteiger charge is -2.19. The van der Waals surface area contributed by atoms with Gasteiger partial charge in [0.25, 0.3) is 0 Å². The zero-order chi connectivity index (χ0) is 15.7. The summed E-state index contributed by atoms with van der Waals surface area (Å²) in [7, 11) is 3.28. The minimum Gasteiger partial charge on any atom is -0.497 e. The van der Waals surface area contributed by atoms with Crippen LogP contribution in [0.25, 0.3) is 0 Å². The van der Waals surface area contributed by atoms with Gasteiger partial charge in [-0.05, 0) is 31.5 Å². The molecule has 0 aliphatic heterocycles. The van der Waals surface area contributed by atoms with Gasteiger partial charge in [-0.2, -0.15) is 0 Å². The summed E-state index contributed by atoms with van der Waals surface area (Å²) >= 11 is 0. The van der Waals surface area contributed by atoms with Crippen molar-refractivity contribution < 1.29 is 19.3 Å². The lowest BCUT2D eigenvalue weighted by Crippen LogP contribution is -2.33. The molecule has 0 spiro atoms. The van der Waals surface area contributed by atoms with E-state index in [2.05, 4.69) is 12.2 Å². The van der Waals surface area contributed by atoms with Crippen LogP contribution in [-0.4, -0.2) is 51.3 Å². The molecule has 0 aliphatic rings. The molecule has 0 aromatic heterocycles. The van der Waals surface area contributed by atoms with Crippen LogP contribution in [0.5, 0.6) is 5.75 Å². The van der Waals surface area contributed by atoms with Gasteiger partial charge in [-0.1, -0.05) is 12.1 Å². The number of aliphatic hydroxyl groups excluding tert-OH is 1. The number of hydrogen-bond acceptors (Lipinski definition) is 5. The third-order valence-electron chi connectivity index (χ3n) is 3.23. The topological polar surface area (TPSA) is 60.0 Å². The van der Waals surface area contributed by atoms with Crippen LogP contribution in [0, 0.1) is 0 Å². The summed E-state index contributed by atoms with van der Waals surface area (Å²) in [6, 6.07) is 8.02. The van der Waals surface area contributed by atoms with Crippen LogP contribution in [-0.2, 0) is 9.47 Å². The van der Waals surface area contributed by atoms with Gasteiger partial charge in [-0.15, -0.1) is 0 Å². The summed E-state index contributed by atoms with van der Waals surface area (Å²) in [5, 5.41) is 13.2. The summed E-state index contributed by atoms with van der Waals surface area (Å²) in [6.45, 7) is 5.26. The Balaban J connectivity index is 2.32. The molecule has 5 nitrogen and oxygen atoms in total. The molecule has 1 rings (SSSR count). The Labute approximate surface area is 127 Å². The lowest BCUT2D eigenvalue weighted by molar-refractivity contribution is -0.0315. The molecule has 2 unspecified atom stereocenters. The van der Waals surface area contributed by atoms with Crippen molar-refractivity contribution >= 4 is 0 Å². The van der Waals surface area contributed by atoms with Crippen molar-refractivity contribution in [2.24, 2.45) is 0 Å². The molecule has 2 N–H and O–H groups in total. The van der Waals surface area contributed by atoms with E-state index in [4.69, 9.17) is 14.2 Å². The maximum Gasteiger partial charge on any atom is 0.119 e. The summed E-state index contributed by atoms with van der Waals surface area (Å²) in [6.07, 6.45) is -0.558. The number of aliphatic hydroxyl groups is 1. The highest BCUT2D eigenvalue weighted by molar-refractivity contribution is 5.30. The molecule has 1 aromatic carbocycles. The van der Waals surface area contributed by atoms with E-state index >= 15 is 0 Å². The first-order valence-electron chi connectivity index (χ1n) is 7.22. The van der Waals surface area contributed by atoms with Gasteiger partial charge >= 0.3 is 0 Å². The zero-order valence-corrected chi connectivity index (χ0v) is 13.3. The largest absolute Gasteiger partial charge is 0.497 e. The van der Waals surface area contributed by atoms with Crippen LogP contribution in [0.2, 0.25) is 0 Å². The third kappa shape index (κ3) is 6.91. The van der Waals surface area contributed by atoms with Crippen LogP contribution in [0.3, 0.4) is 0 Å². The fraction of sp³-hybridized carbons (Fsp3) is 0.625. The van der Waals surface area contributed by atoms with E-state index in [0.29, 0.717) is 19.8 Å². The Morgan fingerprint density at radius 3 is 2.62 bits per heavy atom. The minimum absolute atomic E-state index is 0.0135. The molecule has 5 heteroatoms. The summed E-state index contributed by atoms with van der Waals surface area (Å²) in [5.41, 5.74) is 1.12. The van der Waals surface area contributed by atoms with Crippen molar-refractivity contribution in [1.29, 1.82) is 0 Å². The van der Waals surface area contributed by atoms with Crippen LogP contribution < -0.4 is 10.1 Å². The Morgan fingerprint density at radius 2 is 1.95 bits per heavy atom. The lowest BCUT2D eigenvalue weighted by atomic mass is 10.1. The summed E-state index contributed by atoms with van der Waals surface area (Å²) < 4.78 is 15.7. The van der Waals surface area contributed by atoms with Gasteiger partial charge in [0.1, 0.15) is 5.75 Å². The zero-order valence-electron chi connectivity index (χ0n) is 13.3. The second kappa shape index (κ2) is 9.73. The molecule has 0 saturated carbocycles. The maximum atomic E-state index is 9.91. The standard InChI is InChI=1S/C16H27NO4/c1-12(10-19-3)21-11-15(18)9-17-13(2)14-6-5-7-16(8-14)20-4/h5-8,12-13,15,17-18H,9-11H2,1-4H3/t12?,13-,15?/m1/s1. The number of methoxy groups -OCH3 is 2. The van der Waals surface area contributed by atoms with E-state index in [-0.39, 0.29) is 12.1 Å². The molecule has 120 valence electrons.